The Balaban J connectivity index is 2.10. The van der Waals surface area contributed by atoms with Crippen LogP contribution in [-0.4, -0.2) is 40.7 Å². The average Bonchev–Trinajstić information content (AvgIpc) is 2.66. The maximum atomic E-state index is 12.4. The van der Waals surface area contributed by atoms with Crippen molar-refractivity contribution in [2.24, 2.45) is 0 Å². The zero-order chi connectivity index (χ0) is 18.1. The fourth-order valence-electron chi connectivity index (χ4n) is 2.41. The number of benzene rings is 2. The molecule has 0 aromatic heterocycles. The van der Waals surface area contributed by atoms with Crippen molar-refractivity contribution in [3.8, 4) is 6.07 Å². The number of aliphatic hydroxyl groups is 2. The topological polar surface area (TPSA) is 84.6 Å². The van der Waals surface area contributed by atoms with Gasteiger partial charge in [-0.1, -0.05) is 48.5 Å². The minimum Gasteiger partial charge on any atom is -0.395 e. The minimum atomic E-state index is -0.837. The first-order valence-electron chi connectivity index (χ1n) is 7.95. The van der Waals surface area contributed by atoms with Gasteiger partial charge < -0.3 is 15.1 Å². The number of rotatable bonds is 7. The summed E-state index contributed by atoms with van der Waals surface area (Å²) in [4.78, 5) is 13.8. The molecule has 0 aliphatic rings. The predicted molar refractivity (Wildman–Crippen MR) is 95.3 cm³/mol. The van der Waals surface area contributed by atoms with Gasteiger partial charge in [-0.15, -0.1) is 0 Å². The standard InChI is InChI=1S/C20H20N2O3/c21-14-18-9-5-4-6-16(18)10-11-20(25)22(12-13-23)15-19(24)17-7-2-1-3-8-17/h1-11,19,23-24H,12-13,15H2/b11-10+/t19-/m1/s1. The number of carbonyl (C=O) groups is 1. The zero-order valence-corrected chi connectivity index (χ0v) is 13.7. The SMILES string of the molecule is N#Cc1ccccc1/C=C/C(=O)N(CCO)C[C@@H](O)c1ccccc1. The highest BCUT2D eigenvalue weighted by Gasteiger charge is 2.16. The van der Waals surface area contributed by atoms with Crippen molar-refractivity contribution in [2.45, 2.75) is 6.10 Å². The van der Waals surface area contributed by atoms with Gasteiger partial charge in [0.25, 0.3) is 0 Å². The summed E-state index contributed by atoms with van der Waals surface area (Å²) in [7, 11) is 0. The molecule has 0 spiro atoms. The third kappa shape index (κ3) is 5.28. The number of hydrogen-bond donors (Lipinski definition) is 2. The van der Waals surface area contributed by atoms with E-state index < -0.39 is 6.10 Å². The quantitative estimate of drug-likeness (QED) is 0.759. The van der Waals surface area contributed by atoms with E-state index in [9.17, 15) is 15.0 Å². The van der Waals surface area contributed by atoms with Gasteiger partial charge in [-0.05, 0) is 23.3 Å². The van der Waals surface area contributed by atoms with Gasteiger partial charge in [0.15, 0.2) is 0 Å². The first-order valence-corrected chi connectivity index (χ1v) is 7.95. The maximum absolute atomic E-state index is 12.4. The van der Waals surface area contributed by atoms with E-state index >= 15 is 0 Å². The first-order chi connectivity index (χ1) is 12.2. The Morgan fingerprint density at radius 3 is 2.52 bits per heavy atom. The lowest BCUT2D eigenvalue weighted by Crippen LogP contribution is -2.35. The van der Waals surface area contributed by atoms with Gasteiger partial charge >= 0.3 is 0 Å². The molecule has 2 N–H and O–H groups in total. The summed E-state index contributed by atoms with van der Waals surface area (Å²) in [6.45, 7) is -0.00349. The van der Waals surface area contributed by atoms with E-state index in [0.29, 0.717) is 16.7 Å². The van der Waals surface area contributed by atoms with E-state index in [1.165, 1.54) is 11.0 Å². The molecule has 0 heterocycles. The van der Waals surface area contributed by atoms with Crippen molar-refractivity contribution in [1.29, 1.82) is 5.26 Å². The molecule has 1 atom stereocenters. The van der Waals surface area contributed by atoms with Gasteiger partial charge in [0.05, 0.1) is 30.9 Å². The van der Waals surface area contributed by atoms with Crippen LogP contribution in [0.3, 0.4) is 0 Å². The van der Waals surface area contributed by atoms with Crippen LogP contribution in [0, 0.1) is 11.3 Å². The highest BCUT2D eigenvalue weighted by atomic mass is 16.3. The van der Waals surface area contributed by atoms with E-state index in [-0.39, 0.29) is 25.6 Å². The van der Waals surface area contributed by atoms with Crippen molar-refractivity contribution >= 4 is 12.0 Å². The Morgan fingerprint density at radius 2 is 1.84 bits per heavy atom. The third-order valence-corrected chi connectivity index (χ3v) is 3.75. The second-order valence-corrected chi connectivity index (χ2v) is 5.47. The molecule has 1 amide bonds. The second kappa shape index (κ2) is 9.38. The van der Waals surface area contributed by atoms with Crippen LogP contribution in [0.5, 0.6) is 0 Å². The van der Waals surface area contributed by atoms with E-state index in [4.69, 9.17) is 5.26 Å². The second-order valence-electron chi connectivity index (χ2n) is 5.47. The van der Waals surface area contributed by atoms with Crippen LogP contribution in [0.25, 0.3) is 6.08 Å². The highest BCUT2D eigenvalue weighted by Crippen LogP contribution is 2.15. The molecular weight excluding hydrogens is 316 g/mol. The summed E-state index contributed by atoms with van der Waals surface area (Å²) < 4.78 is 0. The summed E-state index contributed by atoms with van der Waals surface area (Å²) in [6.07, 6.45) is 2.08. The number of hydrogen-bond acceptors (Lipinski definition) is 4. The van der Waals surface area contributed by atoms with Crippen LogP contribution in [0.1, 0.15) is 22.8 Å². The molecule has 0 saturated carbocycles. The number of nitriles is 1. The first kappa shape index (κ1) is 18.4. The molecule has 0 fully saturated rings. The Hall–Kier alpha value is -2.94. The zero-order valence-electron chi connectivity index (χ0n) is 13.7. The van der Waals surface area contributed by atoms with E-state index in [2.05, 4.69) is 6.07 Å². The van der Waals surface area contributed by atoms with Gasteiger partial charge in [-0.2, -0.15) is 5.26 Å². The lowest BCUT2D eigenvalue weighted by atomic mass is 10.1. The molecule has 0 saturated heterocycles. The minimum absolute atomic E-state index is 0.0770. The van der Waals surface area contributed by atoms with Gasteiger partial charge in [-0.25, -0.2) is 0 Å². The van der Waals surface area contributed by atoms with Crippen LogP contribution in [-0.2, 0) is 4.79 Å². The lowest BCUT2D eigenvalue weighted by molar-refractivity contribution is -0.127. The number of amides is 1. The largest absolute Gasteiger partial charge is 0.395 e. The Kier molecular flexibility index (Phi) is 6.90. The summed E-state index contributed by atoms with van der Waals surface area (Å²) in [5, 5.41) is 28.6. The van der Waals surface area contributed by atoms with Gasteiger partial charge in [-0.3, -0.25) is 4.79 Å². The number of aliphatic hydroxyl groups excluding tert-OH is 2. The van der Waals surface area contributed by atoms with Crippen molar-refractivity contribution in [3.05, 3.63) is 77.4 Å². The maximum Gasteiger partial charge on any atom is 0.246 e. The fourth-order valence-corrected chi connectivity index (χ4v) is 2.41. The van der Waals surface area contributed by atoms with Gasteiger partial charge in [0.1, 0.15) is 0 Å². The molecule has 128 valence electrons. The Morgan fingerprint density at radius 1 is 1.16 bits per heavy atom. The van der Waals surface area contributed by atoms with E-state index in [1.54, 1.807) is 42.5 Å². The predicted octanol–water partition coefficient (Wildman–Crippen LogP) is 2.13. The normalized spacial score (nSPS) is 11.9. The summed E-state index contributed by atoms with van der Waals surface area (Å²) in [5.74, 6) is -0.336. The molecule has 0 bridgehead atoms. The molecule has 2 aromatic rings. The summed E-state index contributed by atoms with van der Waals surface area (Å²) in [6, 6.07) is 18.1. The highest BCUT2D eigenvalue weighted by molar-refractivity contribution is 5.92. The molecule has 0 aliphatic carbocycles. The third-order valence-electron chi connectivity index (χ3n) is 3.75. The van der Waals surface area contributed by atoms with Gasteiger partial charge in [0.2, 0.25) is 5.91 Å². The monoisotopic (exact) mass is 336 g/mol. The molecule has 5 heteroatoms. The van der Waals surface area contributed by atoms with Crippen molar-refractivity contribution in [1.82, 2.24) is 4.90 Å². The van der Waals surface area contributed by atoms with Crippen molar-refractivity contribution in [2.75, 3.05) is 19.7 Å². The van der Waals surface area contributed by atoms with Crippen LogP contribution < -0.4 is 0 Å². The lowest BCUT2D eigenvalue weighted by Gasteiger charge is -2.23. The van der Waals surface area contributed by atoms with Crippen LogP contribution in [0.4, 0.5) is 0 Å². The molecular formula is C20H20N2O3. The Bertz CT molecular complexity index is 766. The summed E-state index contributed by atoms with van der Waals surface area (Å²) in [5.41, 5.74) is 1.83. The number of nitrogens with zero attached hydrogens (tertiary/aromatic N) is 2. The molecule has 2 rings (SSSR count). The van der Waals surface area contributed by atoms with Crippen LogP contribution >= 0.6 is 0 Å². The molecule has 0 unspecified atom stereocenters. The van der Waals surface area contributed by atoms with E-state index in [0.717, 1.165) is 0 Å². The van der Waals surface area contributed by atoms with Crippen LogP contribution in [0.2, 0.25) is 0 Å². The van der Waals surface area contributed by atoms with Gasteiger partial charge in [0, 0.05) is 12.6 Å². The van der Waals surface area contributed by atoms with E-state index in [1.807, 2.05) is 18.2 Å². The molecule has 25 heavy (non-hydrogen) atoms. The average molecular weight is 336 g/mol. The van der Waals surface area contributed by atoms with Crippen LogP contribution in [0.15, 0.2) is 60.7 Å². The summed E-state index contributed by atoms with van der Waals surface area (Å²) >= 11 is 0. The number of carbonyl (C=O) groups excluding carboxylic acids is 1. The van der Waals surface area contributed by atoms with Crippen molar-refractivity contribution < 1.29 is 15.0 Å². The molecule has 2 aromatic carbocycles. The Labute approximate surface area is 147 Å². The smallest absolute Gasteiger partial charge is 0.246 e. The van der Waals surface area contributed by atoms with Crippen molar-refractivity contribution in [3.63, 3.8) is 0 Å². The molecule has 5 nitrogen and oxygen atoms in total. The molecule has 0 aliphatic heterocycles. The molecule has 0 radical (unpaired) electrons. The fraction of sp³-hybridized carbons (Fsp3) is 0.200.